The van der Waals surface area contributed by atoms with E-state index in [1.54, 1.807) is 6.08 Å². The number of esters is 1. The van der Waals surface area contributed by atoms with Gasteiger partial charge >= 0.3 is 5.97 Å². The maximum absolute atomic E-state index is 11.7. The van der Waals surface area contributed by atoms with Crippen molar-refractivity contribution in [3.8, 4) is 0 Å². The van der Waals surface area contributed by atoms with Crippen molar-refractivity contribution in [3.05, 3.63) is 11.6 Å². The highest BCUT2D eigenvalue weighted by molar-refractivity contribution is 5.87. The van der Waals surface area contributed by atoms with Gasteiger partial charge < -0.3 is 9.47 Å². The predicted octanol–water partition coefficient (Wildman–Crippen LogP) is 1.25. The first kappa shape index (κ1) is 11.0. The summed E-state index contributed by atoms with van der Waals surface area (Å²) in [4.78, 5) is 14.2. The molecule has 0 aromatic rings. The average Bonchev–Trinajstić information content (AvgIpc) is 2.96. The Hall–Kier alpha value is -0.870. The average molecular weight is 249 g/mol. The summed E-state index contributed by atoms with van der Waals surface area (Å²) in [6.07, 6.45) is 6.15. The number of carbonyl (C=O) groups excluding carboxylic acids is 1. The van der Waals surface area contributed by atoms with E-state index >= 15 is 0 Å². The number of carbonyl (C=O) groups is 1. The van der Waals surface area contributed by atoms with E-state index in [9.17, 15) is 4.79 Å². The van der Waals surface area contributed by atoms with Gasteiger partial charge in [-0.15, -0.1) is 0 Å². The van der Waals surface area contributed by atoms with E-state index in [0.29, 0.717) is 12.1 Å². The molecule has 2 bridgehead atoms. The van der Waals surface area contributed by atoms with Crippen LogP contribution in [0.1, 0.15) is 32.6 Å². The lowest BCUT2D eigenvalue weighted by Gasteiger charge is -2.36. The molecule has 4 heteroatoms. The second-order valence-corrected chi connectivity index (χ2v) is 5.85. The molecule has 4 rings (SSSR count). The van der Waals surface area contributed by atoms with E-state index in [2.05, 4.69) is 4.90 Å². The second kappa shape index (κ2) is 3.58. The maximum Gasteiger partial charge on any atom is 0.331 e. The zero-order chi connectivity index (χ0) is 12.3. The molecule has 0 radical (unpaired) electrons. The fourth-order valence-corrected chi connectivity index (χ4v) is 4.56. The van der Waals surface area contributed by atoms with Gasteiger partial charge in [-0.1, -0.05) is 0 Å². The van der Waals surface area contributed by atoms with Gasteiger partial charge in [0.1, 0.15) is 0 Å². The van der Waals surface area contributed by atoms with Gasteiger partial charge in [0.2, 0.25) is 0 Å². The molecule has 3 fully saturated rings. The molecule has 1 spiro atoms. The molecule has 4 aliphatic rings. The van der Waals surface area contributed by atoms with Crippen molar-refractivity contribution in [3.63, 3.8) is 0 Å². The lowest BCUT2D eigenvalue weighted by molar-refractivity contribution is -0.148. The number of rotatable bonds is 2. The number of ether oxygens (including phenoxy) is 2. The summed E-state index contributed by atoms with van der Waals surface area (Å²) in [5, 5.41) is 0. The summed E-state index contributed by atoms with van der Waals surface area (Å²) in [7, 11) is 0. The van der Waals surface area contributed by atoms with Crippen LogP contribution in [0.4, 0.5) is 0 Å². The SMILES string of the molecule is CCO[C@@H]1CC2=CC(=O)O[C@@]23C[C@@H]1N1CCC[C@@H]13. The zero-order valence-electron chi connectivity index (χ0n) is 10.7. The number of hydrogen-bond acceptors (Lipinski definition) is 4. The molecule has 4 atom stereocenters. The van der Waals surface area contributed by atoms with Crippen LogP contribution in [0, 0.1) is 0 Å². The van der Waals surface area contributed by atoms with E-state index < -0.39 is 0 Å². The van der Waals surface area contributed by atoms with E-state index in [0.717, 1.165) is 32.4 Å². The van der Waals surface area contributed by atoms with E-state index in [1.165, 1.54) is 12.0 Å². The fraction of sp³-hybridized carbons (Fsp3) is 0.786. The molecule has 1 saturated carbocycles. The molecule has 4 nitrogen and oxygen atoms in total. The van der Waals surface area contributed by atoms with Crippen molar-refractivity contribution in [2.24, 2.45) is 0 Å². The lowest BCUT2D eigenvalue weighted by atomic mass is 9.76. The van der Waals surface area contributed by atoms with Crippen LogP contribution >= 0.6 is 0 Å². The first-order chi connectivity index (χ1) is 8.74. The minimum atomic E-state index is -0.286. The Kier molecular flexibility index (Phi) is 2.19. The largest absolute Gasteiger partial charge is 0.450 e. The molecule has 3 aliphatic heterocycles. The fourth-order valence-electron chi connectivity index (χ4n) is 4.56. The lowest BCUT2D eigenvalue weighted by Crippen LogP contribution is -2.44. The number of hydrogen-bond donors (Lipinski definition) is 0. The van der Waals surface area contributed by atoms with Crippen molar-refractivity contribution in [2.75, 3.05) is 13.2 Å². The minimum absolute atomic E-state index is 0.144. The number of fused-ring (bicyclic) bond motifs is 3. The Morgan fingerprint density at radius 1 is 1.61 bits per heavy atom. The molecule has 0 aromatic heterocycles. The highest BCUT2D eigenvalue weighted by atomic mass is 16.6. The van der Waals surface area contributed by atoms with Gasteiger partial charge in [0.25, 0.3) is 0 Å². The van der Waals surface area contributed by atoms with Crippen molar-refractivity contribution in [2.45, 2.75) is 56.4 Å². The van der Waals surface area contributed by atoms with Gasteiger partial charge in [-0.05, 0) is 31.9 Å². The normalized spacial score (nSPS) is 45.7. The van der Waals surface area contributed by atoms with Crippen LogP contribution in [-0.2, 0) is 14.3 Å². The molecular weight excluding hydrogens is 230 g/mol. The third kappa shape index (κ3) is 1.20. The van der Waals surface area contributed by atoms with Gasteiger partial charge in [0, 0.05) is 31.6 Å². The van der Waals surface area contributed by atoms with Crippen LogP contribution in [0.25, 0.3) is 0 Å². The highest BCUT2D eigenvalue weighted by Gasteiger charge is 2.64. The van der Waals surface area contributed by atoms with Gasteiger partial charge in [0.05, 0.1) is 12.1 Å². The quantitative estimate of drug-likeness (QED) is 0.691. The minimum Gasteiger partial charge on any atom is -0.450 e. The first-order valence-corrected chi connectivity index (χ1v) is 7.06. The smallest absolute Gasteiger partial charge is 0.331 e. The highest BCUT2D eigenvalue weighted by Crippen LogP contribution is 2.54. The van der Waals surface area contributed by atoms with E-state index in [4.69, 9.17) is 9.47 Å². The van der Waals surface area contributed by atoms with Crippen molar-refractivity contribution in [1.29, 1.82) is 0 Å². The monoisotopic (exact) mass is 249 g/mol. The summed E-state index contributed by atoms with van der Waals surface area (Å²) in [5.74, 6) is -0.144. The summed E-state index contributed by atoms with van der Waals surface area (Å²) in [6.45, 7) is 3.92. The van der Waals surface area contributed by atoms with E-state index in [1.807, 2.05) is 6.92 Å². The van der Waals surface area contributed by atoms with Crippen LogP contribution < -0.4 is 0 Å². The topological polar surface area (TPSA) is 38.8 Å². The van der Waals surface area contributed by atoms with Crippen LogP contribution in [0.2, 0.25) is 0 Å². The number of nitrogens with zero attached hydrogens (tertiary/aromatic N) is 1. The summed E-state index contributed by atoms with van der Waals surface area (Å²) >= 11 is 0. The molecule has 1 aliphatic carbocycles. The van der Waals surface area contributed by atoms with Gasteiger partial charge in [0.15, 0.2) is 5.60 Å². The zero-order valence-corrected chi connectivity index (χ0v) is 10.7. The summed E-state index contributed by atoms with van der Waals surface area (Å²) < 4.78 is 11.7. The standard InChI is InChI=1S/C14H19NO3/c1-2-17-11-6-9-7-13(16)18-14(9)8-10(11)15-5-3-4-12(14)15/h7,10-12H,2-6,8H2,1H3/t10-,11+,12+,14-/m0/s1. The molecule has 98 valence electrons. The Labute approximate surface area is 107 Å². The molecule has 0 amide bonds. The molecule has 3 heterocycles. The second-order valence-electron chi connectivity index (χ2n) is 5.85. The van der Waals surface area contributed by atoms with Gasteiger partial charge in [-0.2, -0.15) is 0 Å². The van der Waals surface area contributed by atoms with Crippen molar-refractivity contribution in [1.82, 2.24) is 4.90 Å². The van der Waals surface area contributed by atoms with Crippen molar-refractivity contribution < 1.29 is 14.3 Å². The molecule has 0 N–H and O–H groups in total. The molecule has 18 heavy (non-hydrogen) atoms. The summed E-state index contributed by atoms with van der Waals surface area (Å²) in [6, 6.07) is 0.853. The summed E-state index contributed by atoms with van der Waals surface area (Å²) in [5.41, 5.74) is 0.905. The molecular formula is C14H19NO3. The predicted molar refractivity (Wildman–Crippen MR) is 65.1 cm³/mol. The van der Waals surface area contributed by atoms with E-state index in [-0.39, 0.29) is 17.7 Å². The maximum atomic E-state index is 11.7. The van der Waals surface area contributed by atoms with Crippen LogP contribution in [0.5, 0.6) is 0 Å². The first-order valence-electron chi connectivity index (χ1n) is 7.06. The van der Waals surface area contributed by atoms with Crippen LogP contribution in [-0.4, -0.2) is 47.8 Å². The molecule has 0 aromatic carbocycles. The molecule has 0 unspecified atom stereocenters. The van der Waals surface area contributed by atoms with Crippen molar-refractivity contribution >= 4 is 5.97 Å². The Morgan fingerprint density at radius 2 is 2.50 bits per heavy atom. The third-order valence-electron chi connectivity index (χ3n) is 5.12. The Bertz CT molecular complexity index is 433. The Morgan fingerprint density at radius 3 is 3.33 bits per heavy atom. The van der Waals surface area contributed by atoms with Gasteiger partial charge in [-0.3, -0.25) is 4.90 Å². The third-order valence-corrected chi connectivity index (χ3v) is 5.12. The van der Waals surface area contributed by atoms with Crippen LogP contribution in [0.3, 0.4) is 0 Å². The Balaban J connectivity index is 1.76. The molecule has 2 saturated heterocycles. The van der Waals surface area contributed by atoms with Gasteiger partial charge in [-0.25, -0.2) is 4.79 Å². The van der Waals surface area contributed by atoms with Crippen LogP contribution in [0.15, 0.2) is 11.6 Å².